The molecule has 2 saturated heterocycles. The average Bonchev–Trinajstić information content (AvgIpc) is 3.12. The number of nitrogens with one attached hydrogen (secondary N) is 2. The molecule has 0 radical (unpaired) electrons. The van der Waals surface area contributed by atoms with Crippen molar-refractivity contribution in [3.05, 3.63) is 68.7 Å². The Morgan fingerprint density at radius 3 is 2.55 bits per heavy atom. The minimum Gasteiger partial charge on any atom is -0.299 e. The molecule has 0 aliphatic carbocycles. The van der Waals surface area contributed by atoms with E-state index in [4.69, 9.17) is 11.6 Å². The summed E-state index contributed by atoms with van der Waals surface area (Å²) in [5.41, 5.74) is 2.21. The van der Waals surface area contributed by atoms with Gasteiger partial charge < -0.3 is 0 Å². The standard InChI is InChI=1S/C24H24ClFN4O3/c25-17-3-1-16(19(26)12-17)13-29-9-7-14(8-10-29)15-2-4-18-20(11-15)28-30(24(18)33)21-5-6-22(31)27-23(21)32/h1-4,11-12,14,21,28H,5-10,13H2,(H,27,31,32). The summed E-state index contributed by atoms with van der Waals surface area (Å²) in [5.74, 6) is -0.708. The van der Waals surface area contributed by atoms with Crippen LogP contribution in [-0.4, -0.2) is 39.6 Å². The molecule has 0 spiro atoms. The molecule has 7 nitrogen and oxygen atoms in total. The number of aromatic amines is 1. The van der Waals surface area contributed by atoms with Crippen LogP contribution < -0.4 is 10.9 Å². The van der Waals surface area contributed by atoms with E-state index in [1.54, 1.807) is 18.2 Å². The molecule has 33 heavy (non-hydrogen) atoms. The second-order valence-electron chi connectivity index (χ2n) is 8.85. The Labute approximate surface area is 194 Å². The Morgan fingerprint density at radius 1 is 1.03 bits per heavy atom. The number of hydrogen-bond acceptors (Lipinski definition) is 4. The second kappa shape index (κ2) is 8.76. The number of benzene rings is 2. The first-order chi connectivity index (χ1) is 15.9. The maximum absolute atomic E-state index is 14.1. The molecule has 172 valence electrons. The maximum atomic E-state index is 14.1. The van der Waals surface area contributed by atoms with Gasteiger partial charge in [-0.2, -0.15) is 0 Å². The van der Waals surface area contributed by atoms with Crippen molar-refractivity contribution < 1.29 is 14.0 Å². The van der Waals surface area contributed by atoms with Gasteiger partial charge >= 0.3 is 0 Å². The van der Waals surface area contributed by atoms with E-state index in [0.717, 1.165) is 31.5 Å². The average molecular weight is 471 g/mol. The highest BCUT2D eigenvalue weighted by Gasteiger charge is 2.30. The summed E-state index contributed by atoms with van der Waals surface area (Å²) >= 11 is 5.85. The summed E-state index contributed by atoms with van der Waals surface area (Å²) in [6.07, 6.45) is 2.37. The van der Waals surface area contributed by atoms with Crippen LogP contribution in [0.2, 0.25) is 5.02 Å². The predicted molar refractivity (Wildman–Crippen MR) is 123 cm³/mol. The van der Waals surface area contributed by atoms with Crippen LogP contribution in [0.4, 0.5) is 4.39 Å². The molecule has 2 aliphatic heterocycles. The molecule has 1 aromatic heterocycles. The quantitative estimate of drug-likeness (QED) is 0.571. The third-order valence-electron chi connectivity index (χ3n) is 6.72. The van der Waals surface area contributed by atoms with Gasteiger partial charge in [-0.05, 0) is 68.1 Å². The highest BCUT2D eigenvalue weighted by Crippen LogP contribution is 2.31. The van der Waals surface area contributed by atoms with Crippen LogP contribution in [0.25, 0.3) is 10.9 Å². The molecule has 3 heterocycles. The Bertz CT molecular complexity index is 1290. The van der Waals surface area contributed by atoms with Gasteiger partial charge in [-0.15, -0.1) is 0 Å². The van der Waals surface area contributed by atoms with Gasteiger partial charge in [0.25, 0.3) is 11.5 Å². The van der Waals surface area contributed by atoms with E-state index in [0.29, 0.717) is 40.4 Å². The SMILES string of the molecule is O=C1CCC(n2[nH]c3cc(C4CCN(Cc5ccc(Cl)cc5F)CC4)ccc3c2=O)C(=O)N1. The largest absolute Gasteiger partial charge is 0.299 e. The molecule has 2 aliphatic rings. The summed E-state index contributed by atoms with van der Waals surface area (Å²) < 4.78 is 15.5. The van der Waals surface area contributed by atoms with Crippen molar-refractivity contribution in [3.8, 4) is 0 Å². The molecule has 1 atom stereocenters. The first-order valence-corrected chi connectivity index (χ1v) is 11.5. The van der Waals surface area contributed by atoms with Crippen molar-refractivity contribution in [1.29, 1.82) is 0 Å². The number of rotatable bonds is 4. The van der Waals surface area contributed by atoms with Gasteiger partial charge in [-0.3, -0.25) is 29.7 Å². The van der Waals surface area contributed by atoms with Crippen LogP contribution in [0.5, 0.6) is 0 Å². The van der Waals surface area contributed by atoms with E-state index in [2.05, 4.69) is 15.3 Å². The molecule has 2 aromatic carbocycles. The number of likely N-dealkylation sites (tertiary alicyclic amines) is 1. The lowest BCUT2D eigenvalue weighted by molar-refractivity contribution is -0.136. The zero-order valence-electron chi connectivity index (χ0n) is 17.9. The first kappa shape index (κ1) is 21.9. The second-order valence-corrected chi connectivity index (χ2v) is 9.28. The number of imide groups is 1. The topological polar surface area (TPSA) is 87.2 Å². The van der Waals surface area contributed by atoms with Crippen molar-refractivity contribution >= 4 is 34.3 Å². The van der Waals surface area contributed by atoms with Crippen molar-refractivity contribution in [2.45, 2.75) is 44.2 Å². The van der Waals surface area contributed by atoms with E-state index < -0.39 is 11.9 Å². The highest BCUT2D eigenvalue weighted by atomic mass is 35.5. The van der Waals surface area contributed by atoms with Crippen LogP contribution in [0.3, 0.4) is 0 Å². The molecular formula is C24H24ClFN4O3. The van der Waals surface area contributed by atoms with E-state index in [9.17, 15) is 18.8 Å². The van der Waals surface area contributed by atoms with Gasteiger partial charge in [-0.1, -0.05) is 23.7 Å². The zero-order chi connectivity index (χ0) is 23.1. The molecule has 9 heteroatoms. The number of halogens is 2. The number of carbonyl (C=O) groups excluding carboxylic acids is 2. The molecule has 3 aromatic rings. The monoisotopic (exact) mass is 470 g/mol. The lowest BCUT2D eigenvalue weighted by atomic mass is 9.89. The summed E-state index contributed by atoms with van der Waals surface area (Å²) in [7, 11) is 0. The maximum Gasteiger partial charge on any atom is 0.275 e. The molecule has 5 rings (SSSR count). The van der Waals surface area contributed by atoms with Crippen LogP contribution in [0.15, 0.2) is 41.2 Å². The Kier molecular flexibility index (Phi) is 5.80. The van der Waals surface area contributed by atoms with Crippen LogP contribution in [-0.2, 0) is 16.1 Å². The van der Waals surface area contributed by atoms with E-state index in [1.165, 1.54) is 10.7 Å². The Morgan fingerprint density at radius 2 is 1.82 bits per heavy atom. The molecule has 2 amide bonds. The van der Waals surface area contributed by atoms with Crippen LogP contribution >= 0.6 is 11.6 Å². The number of amides is 2. The molecule has 2 N–H and O–H groups in total. The summed E-state index contributed by atoms with van der Waals surface area (Å²) in [4.78, 5) is 38.7. The molecular weight excluding hydrogens is 447 g/mol. The highest BCUT2D eigenvalue weighted by molar-refractivity contribution is 6.30. The zero-order valence-corrected chi connectivity index (χ0v) is 18.7. The summed E-state index contributed by atoms with van der Waals surface area (Å²) in [5, 5.41) is 6.30. The van der Waals surface area contributed by atoms with Crippen molar-refractivity contribution in [2.75, 3.05) is 13.1 Å². The third-order valence-corrected chi connectivity index (χ3v) is 6.96. The minimum atomic E-state index is -0.706. The van der Waals surface area contributed by atoms with Gasteiger partial charge in [0, 0.05) is 23.6 Å². The predicted octanol–water partition coefficient (Wildman–Crippen LogP) is 3.48. The van der Waals surface area contributed by atoms with Gasteiger partial charge in [0.2, 0.25) is 5.91 Å². The molecule has 2 fully saturated rings. The molecule has 0 bridgehead atoms. The fraction of sp³-hybridized carbons (Fsp3) is 0.375. The van der Waals surface area contributed by atoms with Gasteiger partial charge in [0.05, 0.1) is 10.9 Å². The third kappa shape index (κ3) is 4.32. The van der Waals surface area contributed by atoms with Gasteiger partial charge in [0.1, 0.15) is 11.9 Å². The van der Waals surface area contributed by atoms with E-state index in [1.807, 2.05) is 12.1 Å². The number of nitrogens with zero attached hydrogens (tertiary/aromatic N) is 2. The normalized spacial score (nSPS) is 20.4. The van der Waals surface area contributed by atoms with Crippen LogP contribution in [0.1, 0.15) is 48.8 Å². The Balaban J connectivity index is 1.29. The smallest absolute Gasteiger partial charge is 0.275 e. The van der Waals surface area contributed by atoms with E-state index >= 15 is 0 Å². The van der Waals surface area contributed by atoms with E-state index in [-0.39, 0.29) is 23.7 Å². The number of fused-ring (bicyclic) bond motifs is 1. The van der Waals surface area contributed by atoms with Crippen molar-refractivity contribution in [3.63, 3.8) is 0 Å². The number of aromatic nitrogens is 2. The van der Waals surface area contributed by atoms with Crippen molar-refractivity contribution in [2.24, 2.45) is 0 Å². The van der Waals surface area contributed by atoms with Crippen molar-refractivity contribution in [1.82, 2.24) is 20.0 Å². The summed E-state index contributed by atoms with van der Waals surface area (Å²) in [6.45, 7) is 2.24. The lowest BCUT2D eigenvalue weighted by Crippen LogP contribution is -2.44. The molecule has 1 unspecified atom stereocenters. The number of piperidine rings is 2. The minimum absolute atomic E-state index is 0.210. The molecule has 0 saturated carbocycles. The lowest BCUT2D eigenvalue weighted by Gasteiger charge is -2.32. The fourth-order valence-electron chi connectivity index (χ4n) is 4.87. The Hall–Kier alpha value is -2.97. The van der Waals surface area contributed by atoms with Crippen LogP contribution in [0, 0.1) is 5.82 Å². The fourth-order valence-corrected chi connectivity index (χ4v) is 5.03. The van der Waals surface area contributed by atoms with Gasteiger partial charge in [0.15, 0.2) is 0 Å². The first-order valence-electron chi connectivity index (χ1n) is 11.1. The summed E-state index contributed by atoms with van der Waals surface area (Å²) in [6, 6.07) is 9.86. The van der Waals surface area contributed by atoms with Gasteiger partial charge in [-0.25, -0.2) is 9.07 Å². The number of H-pyrrole nitrogens is 1. The number of carbonyl (C=O) groups is 2. The number of hydrogen-bond donors (Lipinski definition) is 2.